The Hall–Kier alpha value is -3.20. The van der Waals surface area contributed by atoms with Gasteiger partial charge in [0.05, 0.1) is 10.6 Å². The van der Waals surface area contributed by atoms with Gasteiger partial charge in [-0.05, 0) is 41.5 Å². The zero-order chi connectivity index (χ0) is 19.6. The van der Waals surface area contributed by atoms with E-state index in [0.717, 1.165) is 12.1 Å². The molecule has 3 aromatic rings. The molecule has 0 saturated heterocycles. The zero-order valence-electron chi connectivity index (χ0n) is 13.4. The van der Waals surface area contributed by atoms with Crippen molar-refractivity contribution in [2.45, 2.75) is 4.90 Å². The number of anilines is 1. The van der Waals surface area contributed by atoms with Gasteiger partial charge in [0, 0.05) is 12.3 Å². The second-order valence-electron chi connectivity index (χ2n) is 5.38. The highest BCUT2D eigenvalue weighted by Crippen LogP contribution is 2.23. The minimum Gasteiger partial charge on any atom is -0.477 e. The van der Waals surface area contributed by atoms with Gasteiger partial charge in [-0.1, -0.05) is 12.1 Å². The lowest BCUT2D eigenvalue weighted by Gasteiger charge is -2.09. The summed E-state index contributed by atoms with van der Waals surface area (Å²) < 4.78 is 55.3. The van der Waals surface area contributed by atoms with Crippen LogP contribution >= 0.6 is 0 Å². The zero-order valence-corrected chi connectivity index (χ0v) is 14.3. The first-order chi connectivity index (χ1) is 12.8. The van der Waals surface area contributed by atoms with E-state index in [1.54, 1.807) is 18.2 Å². The predicted molar refractivity (Wildman–Crippen MR) is 93.0 cm³/mol. The summed E-state index contributed by atoms with van der Waals surface area (Å²) in [7, 11) is -1.85. The van der Waals surface area contributed by atoms with Crippen molar-refractivity contribution in [2.24, 2.45) is 0 Å². The first-order valence-electron chi connectivity index (χ1n) is 7.48. The first-order valence-corrected chi connectivity index (χ1v) is 8.63. The molecular weight excluding hydrogens is 381 g/mol. The van der Waals surface area contributed by atoms with Crippen molar-refractivity contribution in [3.05, 3.63) is 77.9 Å². The van der Waals surface area contributed by atoms with Gasteiger partial charge in [0.1, 0.15) is 28.2 Å². The monoisotopic (exact) mass is 392 g/mol. The molecule has 27 heavy (non-hydrogen) atoms. The van der Waals surface area contributed by atoms with Crippen LogP contribution in [0.15, 0.2) is 59.6 Å². The molecule has 2 N–H and O–H groups in total. The van der Waals surface area contributed by atoms with E-state index in [-0.39, 0.29) is 5.69 Å². The predicted octanol–water partition coefficient (Wildman–Crippen LogP) is 4.00. The Kier molecular flexibility index (Phi) is 5.22. The molecule has 0 fully saturated rings. The van der Waals surface area contributed by atoms with Gasteiger partial charge in [0.2, 0.25) is 5.95 Å². The number of aromatic nitrogens is 1. The molecule has 138 valence electrons. The number of carbonyl (C=O) groups is 1. The molecule has 5 nitrogen and oxygen atoms in total. The normalized spacial score (nSPS) is 11.8. The summed E-state index contributed by atoms with van der Waals surface area (Å²) in [6.07, 6.45) is 1.32. The average molecular weight is 392 g/mol. The summed E-state index contributed by atoms with van der Waals surface area (Å²) in [4.78, 5) is 14.5. The first kappa shape index (κ1) is 18.6. The number of carboxylic acid groups (broad SMARTS) is 1. The quantitative estimate of drug-likeness (QED) is 0.644. The lowest BCUT2D eigenvalue weighted by atomic mass is 10.1. The molecule has 0 aliphatic carbocycles. The number of nitrogens with zero attached hydrogens (tertiary/aromatic N) is 1. The van der Waals surface area contributed by atoms with Gasteiger partial charge in [-0.3, -0.25) is 0 Å². The number of halogens is 3. The van der Waals surface area contributed by atoms with E-state index in [4.69, 9.17) is 5.11 Å². The molecule has 1 heterocycles. The molecule has 0 saturated carbocycles. The minimum atomic E-state index is -1.85. The fraction of sp³-hybridized carbons (Fsp3) is 0. The van der Waals surface area contributed by atoms with Crippen LogP contribution in [0.5, 0.6) is 0 Å². The fourth-order valence-corrected chi connectivity index (χ4v) is 3.19. The lowest BCUT2D eigenvalue weighted by molar-refractivity contribution is 0.0686. The van der Waals surface area contributed by atoms with Crippen molar-refractivity contribution < 1.29 is 27.3 Å². The van der Waals surface area contributed by atoms with Crippen LogP contribution in [0.3, 0.4) is 0 Å². The van der Waals surface area contributed by atoms with Crippen LogP contribution in [0, 0.1) is 17.6 Å². The number of carboxylic acids is 1. The largest absolute Gasteiger partial charge is 0.477 e. The van der Waals surface area contributed by atoms with Gasteiger partial charge < -0.3 is 9.83 Å². The highest BCUT2D eigenvalue weighted by Gasteiger charge is 2.18. The van der Waals surface area contributed by atoms with E-state index < -0.39 is 40.1 Å². The van der Waals surface area contributed by atoms with Crippen LogP contribution < -0.4 is 4.72 Å². The van der Waals surface area contributed by atoms with Crippen LogP contribution in [0.25, 0.3) is 11.1 Å². The second-order valence-corrected chi connectivity index (χ2v) is 6.60. The van der Waals surface area contributed by atoms with Gasteiger partial charge in [-0.2, -0.15) is 4.39 Å². The number of nitrogens with one attached hydrogen (secondary N) is 1. The van der Waals surface area contributed by atoms with E-state index in [1.807, 2.05) is 0 Å². The number of aromatic carboxylic acids is 1. The van der Waals surface area contributed by atoms with Crippen molar-refractivity contribution in [3.63, 3.8) is 0 Å². The Morgan fingerprint density at radius 1 is 0.963 bits per heavy atom. The Labute approximate surface area is 154 Å². The standard InChI is InChI=1S/C18H11F3N2O3S/c19-14-8-12(9-15(20)17(14)18(24)25)23-27(26)13-3-1-10(2-4-13)11-5-6-22-16(21)7-11/h1-9,23H,(H,24,25). The molecule has 9 heteroatoms. The van der Waals surface area contributed by atoms with Gasteiger partial charge >= 0.3 is 5.97 Å². The summed E-state index contributed by atoms with van der Waals surface area (Å²) in [5.41, 5.74) is -0.00461. The number of pyridine rings is 1. The molecule has 0 bridgehead atoms. The summed E-state index contributed by atoms with van der Waals surface area (Å²) in [5.74, 6) is -4.93. The van der Waals surface area contributed by atoms with E-state index in [9.17, 15) is 22.2 Å². The van der Waals surface area contributed by atoms with E-state index >= 15 is 0 Å². The van der Waals surface area contributed by atoms with Crippen LogP contribution in [-0.4, -0.2) is 20.3 Å². The smallest absolute Gasteiger partial charge is 0.341 e. The molecule has 0 aliphatic rings. The Morgan fingerprint density at radius 2 is 1.59 bits per heavy atom. The third kappa shape index (κ3) is 4.14. The van der Waals surface area contributed by atoms with Crippen LogP contribution in [0.1, 0.15) is 10.4 Å². The molecule has 0 spiro atoms. The molecule has 3 rings (SSSR count). The molecule has 1 atom stereocenters. The molecular formula is C18H11F3N2O3S. The minimum absolute atomic E-state index is 0.173. The molecule has 0 amide bonds. The average Bonchev–Trinajstić information content (AvgIpc) is 2.61. The van der Waals surface area contributed by atoms with E-state index in [1.165, 1.54) is 24.4 Å². The second kappa shape index (κ2) is 7.58. The highest BCUT2D eigenvalue weighted by molar-refractivity contribution is 7.86. The molecule has 1 aromatic heterocycles. The maximum absolute atomic E-state index is 13.7. The van der Waals surface area contributed by atoms with Crippen molar-refractivity contribution in [2.75, 3.05) is 4.72 Å². The van der Waals surface area contributed by atoms with Crippen molar-refractivity contribution in [1.29, 1.82) is 0 Å². The summed E-state index contributed by atoms with van der Waals surface area (Å²) >= 11 is 0. The van der Waals surface area contributed by atoms with E-state index in [2.05, 4.69) is 9.71 Å². The maximum atomic E-state index is 13.7. The molecule has 0 radical (unpaired) electrons. The summed E-state index contributed by atoms with van der Waals surface area (Å²) in [5, 5.41) is 8.75. The Morgan fingerprint density at radius 3 is 2.15 bits per heavy atom. The Balaban J connectivity index is 1.80. The van der Waals surface area contributed by atoms with Gasteiger partial charge in [-0.15, -0.1) is 0 Å². The lowest BCUT2D eigenvalue weighted by Crippen LogP contribution is -2.09. The van der Waals surface area contributed by atoms with Gasteiger partial charge in [0.15, 0.2) is 0 Å². The fourth-order valence-electron chi connectivity index (χ4n) is 2.36. The SMILES string of the molecule is O=C(O)c1c(F)cc(NS(=O)c2ccc(-c3ccnc(F)c3)cc2)cc1F. The number of hydrogen-bond donors (Lipinski definition) is 2. The molecule has 1 unspecified atom stereocenters. The highest BCUT2D eigenvalue weighted by atomic mass is 32.2. The Bertz CT molecular complexity index is 1020. The summed E-state index contributed by atoms with van der Waals surface area (Å²) in [6, 6.07) is 10.6. The van der Waals surface area contributed by atoms with Gasteiger partial charge in [0.25, 0.3) is 0 Å². The maximum Gasteiger partial charge on any atom is 0.341 e. The third-order valence-electron chi connectivity index (χ3n) is 3.59. The van der Waals surface area contributed by atoms with Gasteiger partial charge in [-0.25, -0.2) is 22.8 Å². The third-order valence-corrected chi connectivity index (χ3v) is 4.72. The topological polar surface area (TPSA) is 79.3 Å². The van der Waals surface area contributed by atoms with E-state index in [0.29, 0.717) is 16.0 Å². The van der Waals surface area contributed by atoms with Crippen molar-refractivity contribution in [3.8, 4) is 11.1 Å². The molecule has 0 aliphatic heterocycles. The number of hydrogen-bond acceptors (Lipinski definition) is 3. The number of benzene rings is 2. The van der Waals surface area contributed by atoms with Crippen LogP contribution in [-0.2, 0) is 11.0 Å². The number of rotatable bonds is 5. The van der Waals surface area contributed by atoms with Crippen LogP contribution in [0.4, 0.5) is 18.9 Å². The van der Waals surface area contributed by atoms with Crippen LogP contribution in [0.2, 0.25) is 0 Å². The molecule has 2 aromatic carbocycles. The van der Waals surface area contributed by atoms with Crippen molar-refractivity contribution >= 4 is 22.6 Å². The summed E-state index contributed by atoms with van der Waals surface area (Å²) in [6.45, 7) is 0. The van der Waals surface area contributed by atoms with Crippen molar-refractivity contribution in [1.82, 2.24) is 4.98 Å².